The van der Waals surface area contributed by atoms with E-state index in [1.54, 1.807) is 6.92 Å². The molecule has 0 spiro atoms. The second kappa shape index (κ2) is 6.11. The van der Waals surface area contributed by atoms with E-state index in [1.165, 1.54) is 38.9 Å². The SMILES string of the molecule is CCCN1CCC(CN(C)C(C)=O)CC1. The number of hydrogen-bond donors (Lipinski definition) is 0. The van der Waals surface area contributed by atoms with Gasteiger partial charge in [-0.15, -0.1) is 0 Å². The third-order valence-corrected chi connectivity index (χ3v) is 3.32. The first-order chi connectivity index (χ1) is 7.13. The van der Waals surface area contributed by atoms with Crippen molar-refractivity contribution in [2.45, 2.75) is 33.1 Å². The number of likely N-dealkylation sites (tertiary alicyclic amines) is 1. The van der Waals surface area contributed by atoms with Crippen molar-refractivity contribution in [1.29, 1.82) is 0 Å². The average molecular weight is 212 g/mol. The molecule has 0 radical (unpaired) electrons. The van der Waals surface area contributed by atoms with Crippen molar-refractivity contribution in [2.75, 3.05) is 33.2 Å². The molecule has 0 aliphatic carbocycles. The van der Waals surface area contributed by atoms with Crippen molar-refractivity contribution in [1.82, 2.24) is 9.80 Å². The van der Waals surface area contributed by atoms with Crippen molar-refractivity contribution in [3.8, 4) is 0 Å². The summed E-state index contributed by atoms with van der Waals surface area (Å²) in [5.41, 5.74) is 0. The van der Waals surface area contributed by atoms with E-state index in [4.69, 9.17) is 0 Å². The van der Waals surface area contributed by atoms with E-state index in [2.05, 4.69) is 11.8 Å². The molecule has 1 aliphatic heterocycles. The smallest absolute Gasteiger partial charge is 0.219 e. The zero-order valence-corrected chi connectivity index (χ0v) is 10.3. The Bertz CT molecular complexity index is 198. The van der Waals surface area contributed by atoms with E-state index in [-0.39, 0.29) is 5.91 Å². The molecule has 1 fully saturated rings. The molecule has 0 bridgehead atoms. The van der Waals surface area contributed by atoms with Gasteiger partial charge in [0.1, 0.15) is 0 Å². The molecule has 1 amide bonds. The Morgan fingerprint density at radius 1 is 1.40 bits per heavy atom. The van der Waals surface area contributed by atoms with Gasteiger partial charge in [0.05, 0.1) is 0 Å². The lowest BCUT2D eigenvalue weighted by Gasteiger charge is -2.33. The number of carbonyl (C=O) groups is 1. The topological polar surface area (TPSA) is 23.6 Å². The molecule has 0 aromatic carbocycles. The minimum Gasteiger partial charge on any atom is -0.346 e. The van der Waals surface area contributed by atoms with Gasteiger partial charge in [0.15, 0.2) is 0 Å². The molecule has 0 aromatic rings. The molecule has 15 heavy (non-hydrogen) atoms. The number of rotatable bonds is 4. The molecule has 1 rings (SSSR count). The summed E-state index contributed by atoms with van der Waals surface area (Å²) in [5, 5.41) is 0. The number of carbonyl (C=O) groups excluding carboxylic acids is 1. The van der Waals surface area contributed by atoms with Gasteiger partial charge in [-0.2, -0.15) is 0 Å². The lowest BCUT2D eigenvalue weighted by Crippen LogP contribution is -2.39. The van der Waals surface area contributed by atoms with Crippen LogP contribution in [0.3, 0.4) is 0 Å². The van der Waals surface area contributed by atoms with Gasteiger partial charge >= 0.3 is 0 Å². The van der Waals surface area contributed by atoms with Crippen LogP contribution in [0.5, 0.6) is 0 Å². The fraction of sp³-hybridized carbons (Fsp3) is 0.917. The molecule has 0 aromatic heterocycles. The summed E-state index contributed by atoms with van der Waals surface area (Å²) >= 11 is 0. The molecular formula is C12H24N2O. The lowest BCUT2D eigenvalue weighted by molar-refractivity contribution is -0.128. The summed E-state index contributed by atoms with van der Waals surface area (Å²) in [6.07, 6.45) is 3.74. The molecule has 88 valence electrons. The molecule has 0 saturated carbocycles. The summed E-state index contributed by atoms with van der Waals surface area (Å²) in [7, 11) is 1.90. The summed E-state index contributed by atoms with van der Waals surface area (Å²) in [6, 6.07) is 0. The molecule has 0 unspecified atom stereocenters. The molecule has 0 atom stereocenters. The standard InChI is InChI=1S/C12H24N2O/c1-4-7-14-8-5-12(6-9-14)10-13(3)11(2)15/h12H,4-10H2,1-3H3. The van der Waals surface area contributed by atoms with Crippen LogP contribution in [0.15, 0.2) is 0 Å². The largest absolute Gasteiger partial charge is 0.346 e. The highest BCUT2D eigenvalue weighted by Crippen LogP contribution is 2.18. The maximum absolute atomic E-state index is 11.1. The number of piperidine rings is 1. The molecule has 1 heterocycles. The van der Waals surface area contributed by atoms with Crippen LogP contribution in [0.2, 0.25) is 0 Å². The fourth-order valence-corrected chi connectivity index (χ4v) is 2.22. The van der Waals surface area contributed by atoms with E-state index in [9.17, 15) is 4.79 Å². The second-order valence-electron chi connectivity index (χ2n) is 4.68. The van der Waals surface area contributed by atoms with Gasteiger partial charge in [-0.25, -0.2) is 0 Å². The van der Waals surface area contributed by atoms with Crippen LogP contribution in [-0.4, -0.2) is 48.9 Å². The highest BCUT2D eigenvalue weighted by molar-refractivity contribution is 5.72. The Labute approximate surface area is 93.4 Å². The van der Waals surface area contributed by atoms with Gasteiger partial charge in [-0.1, -0.05) is 6.92 Å². The Balaban J connectivity index is 2.22. The monoisotopic (exact) mass is 212 g/mol. The molecule has 1 aliphatic rings. The first-order valence-electron chi connectivity index (χ1n) is 6.07. The summed E-state index contributed by atoms with van der Waals surface area (Å²) in [4.78, 5) is 15.5. The third-order valence-electron chi connectivity index (χ3n) is 3.32. The number of hydrogen-bond acceptors (Lipinski definition) is 2. The van der Waals surface area contributed by atoms with E-state index in [0.717, 1.165) is 6.54 Å². The number of nitrogens with zero attached hydrogens (tertiary/aromatic N) is 2. The van der Waals surface area contributed by atoms with Crippen LogP contribution in [0.25, 0.3) is 0 Å². The van der Waals surface area contributed by atoms with Crippen LogP contribution < -0.4 is 0 Å². The van der Waals surface area contributed by atoms with Crippen molar-refractivity contribution in [3.05, 3.63) is 0 Å². The Kier molecular flexibility index (Phi) is 5.09. The maximum Gasteiger partial charge on any atom is 0.219 e. The maximum atomic E-state index is 11.1. The van der Waals surface area contributed by atoms with Crippen molar-refractivity contribution >= 4 is 5.91 Å². The first kappa shape index (κ1) is 12.5. The molecule has 0 N–H and O–H groups in total. The van der Waals surface area contributed by atoms with Crippen LogP contribution in [-0.2, 0) is 4.79 Å². The highest BCUT2D eigenvalue weighted by Gasteiger charge is 2.20. The summed E-state index contributed by atoms with van der Waals surface area (Å²) in [6.45, 7) is 8.47. The molecule has 1 saturated heterocycles. The zero-order valence-electron chi connectivity index (χ0n) is 10.3. The van der Waals surface area contributed by atoms with Gasteiger partial charge in [-0.05, 0) is 44.8 Å². The highest BCUT2D eigenvalue weighted by atomic mass is 16.2. The Hall–Kier alpha value is -0.570. The Morgan fingerprint density at radius 2 is 2.00 bits per heavy atom. The van der Waals surface area contributed by atoms with Crippen LogP contribution >= 0.6 is 0 Å². The van der Waals surface area contributed by atoms with Crippen molar-refractivity contribution < 1.29 is 4.79 Å². The summed E-state index contributed by atoms with van der Waals surface area (Å²) in [5.74, 6) is 0.901. The fourth-order valence-electron chi connectivity index (χ4n) is 2.22. The second-order valence-corrected chi connectivity index (χ2v) is 4.68. The quantitative estimate of drug-likeness (QED) is 0.706. The molecule has 3 nitrogen and oxygen atoms in total. The van der Waals surface area contributed by atoms with Crippen molar-refractivity contribution in [3.63, 3.8) is 0 Å². The predicted octanol–water partition coefficient (Wildman–Crippen LogP) is 1.59. The minimum atomic E-state index is 0.186. The molecular weight excluding hydrogens is 188 g/mol. The van der Waals surface area contributed by atoms with Gasteiger partial charge in [0.2, 0.25) is 5.91 Å². The number of amides is 1. The van der Waals surface area contributed by atoms with E-state index < -0.39 is 0 Å². The van der Waals surface area contributed by atoms with Gasteiger partial charge < -0.3 is 9.80 Å². The first-order valence-corrected chi connectivity index (χ1v) is 6.07. The van der Waals surface area contributed by atoms with Crippen molar-refractivity contribution in [2.24, 2.45) is 5.92 Å². The zero-order chi connectivity index (χ0) is 11.3. The third kappa shape index (κ3) is 4.20. The van der Waals surface area contributed by atoms with Crippen LogP contribution in [0, 0.1) is 5.92 Å². The van der Waals surface area contributed by atoms with E-state index in [0.29, 0.717) is 5.92 Å². The van der Waals surface area contributed by atoms with Crippen LogP contribution in [0.4, 0.5) is 0 Å². The van der Waals surface area contributed by atoms with E-state index >= 15 is 0 Å². The average Bonchev–Trinajstić information content (AvgIpc) is 2.21. The molecule has 3 heteroatoms. The van der Waals surface area contributed by atoms with Gasteiger partial charge in [-0.3, -0.25) is 4.79 Å². The van der Waals surface area contributed by atoms with E-state index in [1.807, 2.05) is 11.9 Å². The summed E-state index contributed by atoms with van der Waals surface area (Å²) < 4.78 is 0. The predicted molar refractivity (Wildman–Crippen MR) is 62.8 cm³/mol. The van der Waals surface area contributed by atoms with Gasteiger partial charge in [0, 0.05) is 20.5 Å². The minimum absolute atomic E-state index is 0.186. The van der Waals surface area contributed by atoms with Crippen LogP contribution in [0.1, 0.15) is 33.1 Å². The lowest BCUT2D eigenvalue weighted by atomic mass is 9.96. The normalized spacial score (nSPS) is 19.1. The Morgan fingerprint density at radius 3 is 2.47 bits per heavy atom. The van der Waals surface area contributed by atoms with Gasteiger partial charge in [0.25, 0.3) is 0 Å².